The first-order chi connectivity index (χ1) is 8.48. The van der Waals surface area contributed by atoms with Gasteiger partial charge in [0.15, 0.2) is 5.78 Å². The average molecular weight is 247 g/mol. The third kappa shape index (κ3) is 1.81. The van der Waals surface area contributed by atoms with Crippen molar-refractivity contribution >= 4 is 5.78 Å². The summed E-state index contributed by atoms with van der Waals surface area (Å²) in [5.74, 6) is 0.298. The molecule has 0 spiro atoms. The van der Waals surface area contributed by atoms with Crippen LogP contribution in [-0.4, -0.2) is 23.1 Å². The van der Waals surface area contributed by atoms with Crippen molar-refractivity contribution in [3.8, 4) is 0 Å². The normalized spacial score (nSPS) is 30.5. The topological polar surface area (TPSA) is 31.2 Å². The fraction of sp³-hybridized carbons (Fsp3) is 0.667. The third-order valence-corrected chi connectivity index (χ3v) is 4.30. The van der Waals surface area contributed by atoms with Crippen molar-refractivity contribution in [1.29, 1.82) is 0 Å². The second kappa shape index (κ2) is 3.95. The minimum Gasteiger partial charge on any atom is -0.376 e. The number of aromatic nitrogens is 1. The monoisotopic (exact) mass is 247 g/mol. The minimum absolute atomic E-state index is 0.0862. The molecule has 0 bridgehead atoms. The van der Waals surface area contributed by atoms with Crippen LogP contribution in [0.15, 0.2) is 12.3 Å². The molecule has 2 heterocycles. The van der Waals surface area contributed by atoms with Crippen molar-refractivity contribution in [2.24, 2.45) is 5.41 Å². The number of Topliss-reactive ketones (excluding diaryl/α,β-unsaturated/α-hetero) is 1. The second-order valence-corrected chi connectivity index (χ2v) is 6.46. The number of fused-ring (bicyclic) bond motifs is 1. The van der Waals surface area contributed by atoms with E-state index in [1.807, 2.05) is 6.07 Å². The molecule has 98 valence electrons. The number of ether oxygens (including phenoxy) is 1. The maximum atomic E-state index is 12.2. The summed E-state index contributed by atoms with van der Waals surface area (Å²) in [6, 6.07) is 2.40. The van der Waals surface area contributed by atoms with E-state index in [-0.39, 0.29) is 11.5 Å². The Morgan fingerprint density at radius 3 is 2.83 bits per heavy atom. The summed E-state index contributed by atoms with van der Waals surface area (Å²) < 4.78 is 7.95. The SMILES string of the molecule is CC1OCCC1n1ccc2c1CC(C)(C)CC2=O. The van der Waals surface area contributed by atoms with Crippen LogP contribution in [0.25, 0.3) is 0 Å². The lowest BCUT2D eigenvalue weighted by Gasteiger charge is -2.31. The Morgan fingerprint density at radius 1 is 1.39 bits per heavy atom. The number of carbonyl (C=O) groups excluding carboxylic acids is 1. The highest BCUT2D eigenvalue weighted by atomic mass is 16.5. The molecule has 3 heteroatoms. The van der Waals surface area contributed by atoms with Gasteiger partial charge in [0.1, 0.15) is 0 Å². The molecule has 0 aromatic carbocycles. The molecule has 2 unspecified atom stereocenters. The Labute approximate surface area is 108 Å². The predicted molar refractivity (Wildman–Crippen MR) is 69.9 cm³/mol. The van der Waals surface area contributed by atoms with E-state index >= 15 is 0 Å². The second-order valence-electron chi connectivity index (χ2n) is 6.46. The van der Waals surface area contributed by atoms with Crippen LogP contribution in [0.5, 0.6) is 0 Å². The van der Waals surface area contributed by atoms with Crippen LogP contribution in [0, 0.1) is 5.41 Å². The molecule has 18 heavy (non-hydrogen) atoms. The van der Waals surface area contributed by atoms with Gasteiger partial charge in [-0.05, 0) is 31.2 Å². The van der Waals surface area contributed by atoms with Crippen molar-refractivity contribution in [3.05, 3.63) is 23.5 Å². The quantitative estimate of drug-likeness (QED) is 0.764. The van der Waals surface area contributed by atoms with E-state index in [0.717, 1.165) is 25.0 Å². The van der Waals surface area contributed by atoms with E-state index < -0.39 is 0 Å². The molecule has 3 rings (SSSR count). The van der Waals surface area contributed by atoms with Crippen LogP contribution in [0.1, 0.15) is 55.7 Å². The highest BCUT2D eigenvalue weighted by Gasteiger charge is 2.36. The molecular weight excluding hydrogens is 226 g/mol. The molecule has 0 N–H and O–H groups in total. The van der Waals surface area contributed by atoms with Crippen molar-refractivity contribution in [2.75, 3.05) is 6.61 Å². The van der Waals surface area contributed by atoms with Gasteiger partial charge in [-0.25, -0.2) is 0 Å². The lowest BCUT2D eigenvalue weighted by atomic mass is 9.76. The van der Waals surface area contributed by atoms with Gasteiger partial charge in [0.25, 0.3) is 0 Å². The van der Waals surface area contributed by atoms with Crippen LogP contribution in [0.3, 0.4) is 0 Å². The predicted octanol–water partition coefficient (Wildman–Crippen LogP) is 2.99. The van der Waals surface area contributed by atoms with E-state index in [4.69, 9.17) is 4.74 Å². The van der Waals surface area contributed by atoms with Crippen LogP contribution >= 0.6 is 0 Å². The van der Waals surface area contributed by atoms with E-state index in [0.29, 0.717) is 18.2 Å². The number of hydrogen-bond acceptors (Lipinski definition) is 2. The van der Waals surface area contributed by atoms with Gasteiger partial charge in [-0.1, -0.05) is 13.8 Å². The molecule has 3 nitrogen and oxygen atoms in total. The summed E-state index contributed by atoms with van der Waals surface area (Å²) in [7, 11) is 0. The molecule has 1 fully saturated rings. The average Bonchev–Trinajstić information content (AvgIpc) is 2.82. The zero-order chi connectivity index (χ0) is 12.9. The molecule has 1 saturated heterocycles. The Bertz CT molecular complexity index is 487. The lowest BCUT2D eigenvalue weighted by Crippen LogP contribution is -2.29. The Balaban J connectivity index is 2.02. The molecule has 0 amide bonds. The van der Waals surface area contributed by atoms with Crippen LogP contribution in [0.2, 0.25) is 0 Å². The molecule has 1 aromatic heterocycles. The van der Waals surface area contributed by atoms with Gasteiger partial charge in [-0.3, -0.25) is 4.79 Å². The summed E-state index contributed by atoms with van der Waals surface area (Å²) in [5.41, 5.74) is 2.25. The van der Waals surface area contributed by atoms with Gasteiger partial charge in [-0.2, -0.15) is 0 Å². The van der Waals surface area contributed by atoms with Gasteiger partial charge in [0, 0.05) is 30.5 Å². The Kier molecular flexibility index (Phi) is 2.63. The fourth-order valence-electron chi connectivity index (χ4n) is 3.36. The maximum absolute atomic E-state index is 12.2. The summed E-state index contributed by atoms with van der Waals surface area (Å²) in [4.78, 5) is 12.2. The first kappa shape index (κ1) is 12.0. The van der Waals surface area contributed by atoms with Gasteiger partial charge in [-0.15, -0.1) is 0 Å². The molecule has 2 atom stereocenters. The third-order valence-electron chi connectivity index (χ3n) is 4.30. The van der Waals surface area contributed by atoms with Crippen molar-refractivity contribution in [2.45, 2.75) is 52.2 Å². The summed E-state index contributed by atoms with van der Waals surface area (Å²) >= 11 is 0. The lowest BCUT2D eigenvalue weighted by molar-refractivity contribution is 0.0901. The van der Waals surface area contributed by atoms with Crippen LogP contribution < -0.4 is 0 Å². The van der Waals surface area contributed by atoms with Crippen LogP contribution in [0.4, 0.5) is 0 Å². The zero-order valence-electron chi connectivity index (χ0n) is 11.4. The number of rotatable bonds is 1. The van der Waals surface area contributed by atoms with E-state index in [9.17, 15) is 4.79 Å². The fourth-order valence-corrected chi connectivity index (χ4v) is 3.36. The number of carbonyl (C=O) groups is 1. The van der Waals surface area contributed by atoms with E-state index in [1.165, 1.54) is 5.69 Å². The number of nitrogens with zero attached hydrogens (tertiary/aromatic N) is 1. The molecule has 1 aromatic rings. The number of hydrogen-bond donors (Lipinski definition) is 0. The first-order valence-corrected chi connectivity index (χ1v) is 6.82. The molecule has 1 aliphatic heterocycles. The highest BCUT2D eigenvalue weighted by Crippen LogP contribution is 2.38. The Hall–Kier alpha value is -1.09. The minimum atomic E-state index is 0.0862. The van der Waals surface area contributed by atoms with E-state index in [2.05, 4.69) is 31.5 Å². The molecule has 2 aliphatic rings. The maximum Gasteiger partial charge on any atom is 0.165 e. The molecule has 0 radical (unpaired) electrons. The molecule has 1 aliphatic carbocycles. The molecule has 0 saturated carbocycles. The summed E-state index contributed by atoms with van der Waals surface area (Å²) in [6.07, 6.45) is 5.04. The van der Waals surface area contributed by atoms with Crippen LogP contribution in [-0.2, 0) is 11.2 Å². The van der Waals surface area contributed by atoms with Crippen molar-refractivity contribution < 1.29 is 9.53 Å². The summed E-state index contributed by atoms with van der Waals surface area (Å²) in [5, 5.41) is 0. The molecular formula is C15H21NO2. The number of ketones is 1. The first-order valence-electron chi connectivity index (χ1n) is 6.82. The van der Waals surface area contributed by atoms with E-state index in [1.54, 1.807) is 0 Å². The van der Waals surface area contributed by atoms with Gasteiger partial charge < -0.3 is 9.30 Å². The van der Waals surface area contributed by atoms with Crippen molar-refractivity contribution in [1.82, 2.24) is 4.57 Å². The van der Waals surface area contributed by atoms with Gasteiger partial charge >= 0.3 is 0 Å². The smallest absolute Gasteiger partial charge is 0.165 e. The largest absolute Gasteiger partial charge is 0.376 e. The summed E-state index contributed by atoms with van der Waals surface area (Å²) in [6.45, 7) is 7.31. The van der Waals surface area contributed by atoms with Crippen molar-refractivity contribution in [3.63, 3.8) is 0 Å². The standard InChI is InChI=1S/C15H21NO2/c1-10-12(5-7-18-10)16-6-4-11-13(16)8-15(2,3)9-14(11)17/h4,6,10,12H,5,7-9H2,1-3H3. The van der Waals surface area contributed by atoms with Gasteiger partial charge in [0.2, 0.25) is 0 Å². The highest BCUT2D eigenvalue weighted by molar-refractivity contribution is 5.98. The Morgan fingerprint density at radius 2 is 2.17 bits per heavy atom. The zero-order valence-corrected chi connectivity index (χ0v) is 11.4. The van der Waals surface area contributed by atoms with Gasteiger partial charge in [0.05, 0.1) is 12.1 Å².